The minimum atomic E-state index is -0.0972. The number of nitrogens with zero attached hydrogens (tertiary/aromatic N) is 1. The van der Waals surface area contributed by atoms with Crippen LogP contribution in [0.5, 0.6) is 0 Å². The molecule has 1 aliphatic rings. The molecule has 20 heavy (non-hydrogen) atoms. The Hall–Kier alpha value is -2.04. The maximum absolute atomic E-state index is 11.8. The molecule has 0 spiro atoms. The van der Waals surface area contributed by atoms with Crippen molar-refractivity contribution in [3.63, 3.8) is 0 Å². The van der Waals surface area contributed by atoms with Crippen molar-refractivity contribution in [3.8, 4) is 0 Å². The molecular formula is C15H21N3O2. The first-order valence-electron chi connectivity index (χ1n) is 7.04. The highest BCUT2D eigenvalue weighted by molar-refractivity contribution is 5.84. The number of nitrogens with two attached hydrogens (primary N) is 1. The average molecular weight is 275 g/mol. The van der Waals surface area contributed by atoms with Crippen molar-refractivity contribution >= 4 is 17.5 Å². The first-order valence-corrected chi connectivity index (χ1v) is 7.04. The Morgan fingerprint density at radius 1 is 1.25 bits per heavy atom. The molecule has 0 unspecified atom stereocenters. The molecule has 1 saturated heterocycles. The monoisotopic (exact) mass is 275 g/mol. The van der Waals surface area contributed by atoms with Crippen molar-refractivity contribution in [2.45, 2.75) is 25.7 Å². The third-order valence-corrected chi connectivity index (χ3v) is 3.49. The van der Waals surface area contributed by atoms with Crippen LogP contribution in [0.3, 0.4) is 0 Å². The lowest BCUT2D eigenvalue weighted by Crippen LogP contribution is -2.38. The molecule has 1 fully saturated rings. The number of carbonyl (C=O) groups excluding carboxylic acids is 2. The Bertz CT molecular complexity index is 482. The van der Waals surface area contributed by atoms with Crippen molar-refractivity contribution in [2.75, 3.05) is 25.4 Å². The van der Waals surface area contributed by atoms with Crippen LogP contribution in [0.4, 0.5) is 5.69 Å². The molecule has 0 bridgehead atoms. The van der Waals surface area contributed by atoms with Crippen LogP contribution in [0.1, 0.15) is 24.8 Å². The quantitative estimate of drug-likeness (QED) is 0.785. The van der Waals surface area contributed by atoms with Crippen molar-refractivity contribution in [1.29, 1.82) is 0 Å². The zero-order valence-electron chi connectivity index (χ0n) is 11.6. The zero-order valence-corrected chi connectivity index (χ0v) is 11.6. The van der Waals surface area contributed by atoms with Crippen LogP contribution in [0, 0.1) is 0 Å². The van der Waals surface area contributed by atoms with Crippen LogP contribution in [0.25, 0.3) is 0 Å². The van der Waals surface area contributed by atoms with Gasteiger partial charge in [0, 0.05) is 25.2 Å². The van der Waals surface area contributed by atoms with Crippen LogP contribution in [0.15, 0.2) is 24.3 Å². The summed E-state index contributed by atoms with van der Waals surface area (Å²) in [6, 6.07) is 7.50. The second-order valence-electron chi connectivity index (χ2n) is 5.11. The standard InChI is InChI=1S/C15H21N3O2/c16-13-5-3-4-12(10-13)6-7-14(19)17-11-15(20)18-8-1-2-9-18/h3-5,10H,1-2,6-9,11,16H2,(H,17,19). The van der Waals surface area contributed by atoms with E-state index in [1.807, 2.05) is 24.3 Å². The predicted octanol–water partition coefficient (Wildman–Crippen LogP) is 0.940. The Balaban J connectivity index is 1.69. The lowest BCUT2D eigenvalue weighted by atomic mass is 10.1. The van der Waals surface area contributed by atoms with Crippen molar-refractivity contribution in [3.05, 3.63) is 29.8 Å². The molecule has 108 valence electrons. The second-order valence-corrected chi connectivity index (χ2v) is 5.11. The molecule has 0 atom stereocenters. The Morgan fingerprint density at radius 2 is 2.00 bits per heavy atom. The largest absolute Gasteiger partial charge is 0.399 e. The molecular weight excluding hydrogens is 254 g/mol. The van der Waals surface area contributed by atoms with Gasteiger partial charge in [0.2, 0.25) is 11.8 Å². The summed E-state index contributed by atoms with van der Waals surface area (Å²) in [6.45, 7) is 1.74. The van der Waals surface area contributed by atoms with Gasteiger partial charge in [-0.05, 0) is 37.0 Å². The Kier molecular flexibility index (Phi) is 4.98. The number of anilines is 1. The summed E-state index contributed by atoms with van der Waals surface area (Å²) in [5, 5.41) is 2.68. The molecule has 2 rings (SSSR count). The summed E-state index contributed by atoms with van der Waals surface area (Å²) in [4.78, 5) is 25.3. The smallest absolute Gasteiger partial charge is 0.241 e. The highest BCUT2D eigenvalue weighted by atomic mass is 16.2. The number of rotatable bonds is 5. The van der Waals surface area contributed by atoms with Gasteiger partial charge in [-0.3, -0.25) is 9.59 Å². The minimum absolute atomic E-state index is 0.0137. The summed E-state index contributed by atoms with van der Waals surface area (Å²) < 4.78 is 0. The first-order chi connectivity index (χ1) is 9.65. The fourth-order valence-electron chi connectivity index (χ4n) is 2.35. The number of aryl methyl sites for hydroxylation is 1. The molecule has 0 aromatic heterocycles. The summed E-state index contributed by atoms with van der Waals surface area (Å²) in [5.74, 6) is -0.0835. The molecule has 0 radical (unpaired) electrons. The number of hydrogen-bond acceptors (Lipinski definition) is 3. The van der Waals surface area contributed by atoms with E-state index in [1.54, 1.807) is 4.90 Å². The molecule has 1 aliphatic heterocycles. The van der Waals surface area contributed by atoms with E-state index >= 15 is 0 Å². The molecule has 3 N–H and O–H groups in total. The molecule has 0 aliphatic carbocycles. The van der Waals surface area contributed by atoms with E-state index in [2.05, 4.69) is 5.32 Å². The highest BCUT2D eigenvalue weighted by Crippen LogP contribution is 2.09. The fraction of sp³-hybridized carbons (Fsp3) is 0.467. The molecule has 0 saturated carbocycles. The van der Waals surface area contributed by atoms with E-state index in [1.165, 1.54) is 0 Å². The topological polar surface area (TPSA) is 75.4 Å². The molecule has 1 heterocycles. The van der Waals surface area contributed by atoms with Gasteiger partial charge in [-0.1, -0.05) is 12.1 Å². The van der Waals surface area contributed by atoms with Gasteiger partial charge in [0.15, 0.2) is 0 Å². The lowest BCUT2D eigenvalue weighted by molar-refractivity contribution is -0.132. The number of amides is 2. The normalized spacial score (nSPS) is 14.3. The highest BCUT2D eigenvalue weighted by Gasteiger charge is 2.17. The third-order valence-electron chi connectivity index (χ3n) is 3.49. The van der Waals surface area contributed by atoms with Gasteiger partial charge in [0.25, 0.3) is 0 Å². The number of benzene rings is 1. The van der Waals surface area contributed by atoms with Crippen molar-refractivity contribution in [2.24, 2.45) is 0 Å². The van der Waals surface area contributed by atoms with Crippen LogP contribution < -0.4 is 11.1 Å². The average Bonchev–Trinajstić information content (AvgIpc) is 2.97. The number of carbonyl (C=O) groups is 2. The number of hydrogen-bond donors (Lipinski definition) is 2. The summed E-state index contributed by atoms with van der Waals surface area (Å²) in [5.41, 5.74) is 7.42. The Morgan fingerprint density at radius 3 is 2.70 bits per heavy atom. The summed E-state index contributed by atoms with van der Waals surface area (Å²) >= 11 is 0. The molecule has 5 nitrogen and oxygen atoms in total. The molecule has 5 heteroatoms. The molecule has 1 aromatic rings. The second kappa shape index (κ2) is 6.93. The van der Waals surface area contributed by atoms with Gasteiger partial charge in [-0.25, -0.2) is 0 Å². The first kappa shape index (κ1) is 14.4. The van der Waals surface area contributed by atoms with Gasteiger partial charge in [-0.15, -0.1) is 0 Å². The fourth-order valence-corrected chi connectivity index (χ4v) is 2.35. The van der Waals surface area contributed by atoms with Crippen molar-refractivity contribution < 1.29 is 9.59 Å². The van der Waals surface area contributed by atoms with Crippen LogP contribution in [0.2, 0.25) is 0 Å². The summed E-state index contributed by atoms with van der Waals surface area (Å²) in [6.07, 6.45) is 3.13. The third kappa shape index (κ3) is 4.26. The SMILES string of the molecule is Nc1cccc(CCC(=O)NCC(=O)N2CCCC2)c1. The van der Waals surface area contributed by atoms with Gasteiger partial charge in [0.05, 0.1) is 6.54 Å². The van der Waals surface area contributed by atoms with Crippen molar-refractivity contribution in [1.82, 2.24) is 10.2 Å². The van der Waals surface area contributed by atoms with Gasteiger partial charge < -0.3 is 16.0 Å². The maximum Gasteiger partial charge on any atom is 0.241 e. The number of nitrogens with one attached hydrogen (secondary N) is 1. The lowest BCUT2D eigenvalue weighted by Gasteiger charge is -2.15. The number of likely N-dealkylation sites (tertiary alicyclic amines) is 1. The van der Waals surface area contributed by atoms with Gasteiger partial charge in [-0.2, -0.15) is 0 Å². The van der Waals surface area contributed by atoms with E-state index in [-0.39, 0.29) is 18.4 Å². The van der Waals surface area contributed by atoms with E-state index < -0.39 is 0 Å². The number of nitrogen functional groups attached to an aromatic ring is 1. The molecule has 2 amide bonds. The summed E-state index contributed by atoms with van der Waals surface area (Å²) in [7, 11) is 0. The minimum Gasteiger partial charge on any atom is -0.399 e. The zero-order chi connectivity index (χ0) is 14.4. The van der Waals surface area contributed by atoms with E-state index in [9.17, 15) is 9.59 Å². The maximum atomic E-state index is 11.8. The molecule has 1 aromatic carbocycles. The van der Waals surface area contributed by atoms with Crippen LogP contribution in [-0.4, -0.2) is 36.3 Å². The van der Waals surface area contributed by atoms with Crippen LogP contribution in [-0.2, 0) is 16.0 Å². The predicted molar refractivity (Wildman–Crippen MR) is 78.0 cm³/mol. The van der Waals surface area contributed by atoms with E-state index in [0.717, 1.165) is 31.5 Å². The van der Waals surface area contributed by atoms with Crippen LogP contribution >= 0.6 is 0 Å². The Labute approximate surface area is 119 Å². The van der Waals surface area contributed by atoms with E-state index in [0.29, 0.717) is 18.5 Å². The van der Waals surface area contributed by atoms with E-state index in [4.69, 9.17) is 5.73 Å². The van der Waals surface area contributed by atoms with Gasteiger partial charge in [0.1, 0.15) is 0 Å². The van der Waals surface area contributed by atoms with Gasteiger partial charge >= 0.3 is 0 Å².